The predicted molar refractivity (Wildman–Crippen MR) is 112 cm³/mol. The van der Waals surface area contributed by atoms with E-state index in [2.05, 4.69) is 9.55 Å². The predicted octanol–water partition coefficient (Wildman–Crippen LogP) is 3.76. The first-order chi connectivity index (χ1) is 14.2. The summed E-state index contributed by atoms with van der Waals surface area (Å²) in [6.07, 6.45) is 3.24. The van der Waals surface area contributed by atoms with Crippen LogP contribution in [0.2, 0.25) is 0 Å². The molecule has 0 saturated heterocycles. The minimum absolute atomic E-state index is 0.0889. The van der Waals surface area contributed by atoms with Gasteiger partial charge in [0.25, 0.3) is 5.91 Å². The van der Waals surface area contributed by atoms with Gasteiger partial charge in [-0.3, -0.25) is 9.78 Å². The van der Waals surface area contributed by atoms with E-state index >= 15 is 0 Å². The number of fused-ring (bicyclic) bond motifs is 1. The molecule has 0 bridgehead atoms. The van der Waals surface area contributed by atoms with E-state index in [9.17, 15) is 4.79 Å². The van der Waals surface area contributed by atoms with Crippen molar-refractivity contribution in [1.29, 1.82) is 0 Å². The number of hydrogen-bond donors (Lipinski definition) is 0. The van der Waals surface area contributed by atoms with Gasteiger partial charge in [0, 0.05) is 25.0 Å². The van der Waals surface area contributed by atoms with Crippen LogP contribution in [0.25, 0.3) is 11.0 Å². The van der Waals surface area contributed by atoms with Crippen molar-refractivity contribution < 1.29 is 9.53 Å². The summed E-state index contributed by atoms with van der Waals surface area (Å²) in [5, 5.41) is 0. The normalized spacial score (nSPS) is 10.8. The Morgan fingerprint density at radius 3 is 2.66 bits per heavy atom. The number of benzene rings is 2. The summed E-state index contributed by atoms with van der Waals surface area (Å²) in [5.41, 5.74) is 3.54. The molecule has 0 radical (unpaired) electrons. The number of carbonyl (C=O) groups is 1. The third-order valence-electron chi connectivity index (χ3n) is 4.89. The van der Waals surface area contributed by atoms with Crippen LogP contribution in [-0.2, 0) is 13.1 Å². The fourth-order valence-corrected chi connectivity index (χ4v) is 3.42. The van der Waals surface area contributed by atoms with Gasteiger partial charge < -0.3 is 14.2 Å². The minimum Gasteiger partial charge on any atom is -0.496 e. The molecule has 29 heavy (non-hydrogen) atoms. The Hall–Kier alpha value is -3.67. The molecule has 1 amide bonds. The zero-order valence-electron chi connectivity index (χ0n) is 16.4. The van der Waals surface area contributed by atoms with Gasteiger partial charge in [0.2, 0.25) is 0 Å². The molecule has 0 saturated carbocycles. The molecule has 2 aromatic heterocycles. The third kappa shape index (κ3) is 3.82. The van der Waals surface area contributed by atoms with Gasteiger partial charge in [0.15, 0.2) is 0 Å². The SMILES string of the molecule is COc1ccccc1Cn1c(CN(C)C(=O)c2cccnc2)nc2ccccc21. The third-order valence-corrected chi connectivity index (χ3v) is 4.89. The molecule has 0 aliphatic heterocycles. The van der Waals surface area contributed by atoms with Gasteiger partial charge in [-0.15, -0.1) is 0 Å². The number of nitrogens with zero attached hydrogens (tertiary/aromatic N) is 4. The number of para-hydroxylation sites is 3. The number of aromatic nitrogens is 3. The molecule has 0 atom stereocenters. The van der Waals surface area contributed by atoms with Crippen molar-refractivity contribution in [2.45, 2.75) is 13.1 Å². The molecule has 6 heteroatoms. The first-order valence-corrected chi connectivity index (χ1v) is 9.39. The van der Waals surface area contributed by atoms with E-state index < -0.39 is 0 Å². The highest BCUT2D eigenvalue weighted by atomic mass is 16.5. The number of pyridine rings is 1. The second-order valence-electron chi connectivity index (χ2n) is 6.82. The monoisotopic (exact) mass is 386 g/mol. The molecular formula is C23H22N4O2. The number of rotatable bonds is 6. The summed E-state index contributed by atoms with van der Waals surface area (Å²) in [4.78, 5) is 23.3. The maximum absolute atomic E-state index is 12.8. The highest BCUT2D eigenvalue weighted by Gasteiger charge is 2.18. The van der Waals surface area contributed by atoms with Gasteiger partial charge in [-0.2, -0.15) is 0 Å². The Balaban J connectivity index is 1.69. The van der Waals surface area contributed by atoms with Crippen LogP contribution < -0.4 is 4.74 Å². The average Bonchev–Trinajstić information content (AvgIpc) is 3.11. The largest absolute Gasteiger partial charge is 0.496 e. The summed E-state index contributed by atoms with van der Waals surface area (Å²) in [6, 6.07) is 19.5. The zero-order valence-corrected chi connectivity index (χ0v) is 16.4. The lowest BCUT2D eigenvalue weighted by atomic mass is 10.2. The number of carbonyl (C=O) groups excluding carboxylic acids is 1. The molecule has 0 spiro atoms. The first kappa shape index (κ1) is 18.7. The molecule has 4 aromatic rings. The van der Waals surface area contributed by atoms with Crippen molar-refractivity contribution in [3.05, 3.63) is 90.0 Å². The van der Waals surface area contributed by atoms with Crippen LogP contribution in [-0.4, -0.2) is 39.5 Å². The molecular weight excluding hydrogens is 364 g/mol. The van der Waals surface area contributed by atoms with Gasteiger partial charge in [0.05, 0.1) is 36.8 Å². The van der Waals surface area contributed by atoms with Crippen molar-refractivity contribution in [3.8, 4) is 5.75 Å². The van der Waals surface area contributed by atoms with E-state index in [1.165, 1.54) is 0 Å². The van der Waals surface area contributed by atoms with E-state index in [4.69, 9.17) is 9.72 Å². The van der Waals surface area contributed by atoms with Gasteiger partial charge >= 0.3 is 0 Å². The molecule has 0 N–H and O–H groups in total. The zero-order chi connectivity index (χ0) is 20.2. The molecule has 146 valence electrons. The number of ether oxygens (including phenoxy) is 1. The fourth-order valence-electron chi connectivity index (χ4n) is 3.42. The molecule has 0 aliphatic rings. The van der Waals surface area contributed by atoms with Crippen LogP contribution in [0.4, 0.5) is 0 Å². The Bertz CT molecular complexity index is 1140. The molecule has 0 fully saturated rings. The Morgan fingerprint density at radius 2 is 1.86 bits per heavy atom. The minimum atomic E-state index is -0.0889. The second kappa shape index (κ2) is 8.14. The Kier molecular flexibility index (Phi) is 5.24. The number of amides is 1. The Labute approximate surface area is 169 Å². The summed E-state index contributed by atoms with van der Waals surface area (Å²) < 4.78 is 7.66. The van der Waals surface area contributed by atoms with Crippen LogP contribution in [0.5, 0.6) is 5.75 Å². The molecule has 0 aliphatic carbocycles. The highest BCUT2D eigenvalue weighted by molar-refractivity contribution is 5.93. The van der Waals surface area contributed by atoms with Crippen molar-refractivity contribution in [1.82, 2.24) is 19.4 Å². The molecule has 4 rings (SSSR count). The first-order valence-electron chi connectivity index (χ1n) is 9.39. The summed E-state index contributed by atoms with van der Waals surface area (Å²) in [5.74, 6) is 1.56. The smallest absolute Gasteiger partial charge is 0.255 e. The van der Waals surface area contributed by atoms with Gasteiger partial charge in [-0.25, -0.2) is 4.98 Å². The Morgan fingerprint density at radius 1 is 1.07 bits per heavy atom. The van der Waals surface area contributed by atoms with Gasteiger partial charge in [-0.1, -0.05) is 30.3 Å². The molecule has 6 nitrogen and oxygen atoms in total. The highest BCUT2D eigenvalue weighted by Crippen LogP contribution is 2.23. The number of methoxy groups -OCH3 is 1. The van der Waals surface area contributed by atoms with E-state index in [1.807, 2.05) is 48.5 Å². The molecule has 2 heterocycles. The van der Waals surface area contributed by atoms with E-state index in [0.29, 0.717) is 18.7 Å². The lowest BCUT2D eigenvalue weighted by Crippen LogP contribution is -2.28. The summed E-state index contributed by atoms with van der Waals surface area (Å²) in [7, 11) is 3.45. The quantitative estimate of drug-likeness (QED) is 0.506. The number of imidazole rings is 1. The van der Waals surface area contributed by atoms with Crippen LogP contribution in [0.15, 0.2) is 73.1 Å². The lowest BCUT2D eigenvalue weighted by molar-refractivity contribution is 0.0780. The van der Waals surface area contributed by atoms with Crippen LogP contribution in [0, 0.1) is 0 Å². The van der Waals surface area contributed by atoms with Crippen LogP contribution in [0.3, 0.4) is 0 Å². The maximum Gasteiger partial charge on any atom is 0.255 e. The topological polar surface area (TPSA) is 60.2 Å². The van der Waals surface area contributed by atoms with Crippen LogP contribution >= 0.6 is 0 Å². The molecule has 2 aromatic carbocycles. The van der Waals surface area contributed by atoms with Crippen molar-refractivity contribution in [3.63, 3.8) is 0 Å². The number of hydrogen-bond acceptors (Lipinski definition) is 4. The average molecular weight is 386 g/mol. The van der Waals surface area contributed by atoms with Crippen molar-refractivity contribution in [2.24, 2.45) is 0 Å². The lowest BCUT2D eigenvalue weighted by Gasteiger charge is -2.18. The van der Waals surface area contributed by atoms with Gasteiger partial charge in [-0.05, 0) is 30.3 Å². The van der Waals surface area contributed by atoms with Crippen molar-refractivity contribution in [2.75, 3.05) is 14.2 Å². The van der Waals surface area contributed by atoms with E-state index in [0.717, 1.165) is 28.2 Å². The summed E-state index contributed by atoms with van der Waals surface area (Å²) in [6.45, 7) is 0.992. The maximum atomic E-state index is 12.8. The van der Waals surface area contributed by atoms with E-state index in [1.54, 1.807) is 43.6 Å². The second-order valence-corrected chi connectivity index (χ2v) is 6.82. The standard InChI is InChI=1S/C23H22N4O2/c1-26(23(28)17-9-7-13-24-14-17)16-22-25-19-10-4-5-11-20(19)27(22)15-18-8-3-6-12-21(18)29-2/h3-14H,15-16H2,1-2H3. The molecule has 0 unspecified atom stereocenters. The van der Waals surface area contributed by atoms with Crippen LogP contribution in [0.1, 0.15) is 21.7 Å². The fraction of sp³-hybridized carbons (Fsp3) is 0.174. The summed E-state index contributed by atoms with van der Waals surface area (Å²) >= 11 is 0. The van der Waals surface area contributed by atoms with Crippen molar-refractivity contribution >= 4 is 16.9 Å². The van der Waals surface area contributed by atoms with E-state index in [-0.39, 0.29) is 5.91 Å². The van der Waals surface area contributed by atoms with Gasteiger partial charge in [0.1, 0.15) is 11.6 Å².